The van der Waals surface area contributed by atoms with E-state index in [1.54, 1.807) is 0 Å². The van der Waals surface area contributed by atoms with Gasteiger partial charge in [0.15, 0.2) is 0 Å². The van der Waals surface area contributed by atoms with Gasteiger partial charge < -0.3 is 10.1 Å². The highest BCUT2D eigenvalue weighted by atomic mass is 79.9. The summed E-state index contributed by atoms with van der Waals surface area (Å²) in [4.78, 5) is 0. The molecule has 1 N–H and O–H groups in total. The van der Waals surface area contributed by atoms with Gasteiger partial charge in [0.05, 0.1) is 0 Å². The molecule has 1 unspecified atom stereocenters. The molecular formula is C16H24BrNO. The van der Waals surface area contributed by atoms with E-state index in [9.17, 15) is 0 Å². The van der Waals surface area contributed by atoms with Crippen LogP contribution in [0.5, 0.6) is 0 Å². The maximum absolute atomic E-state index is 5.63. The van der Waals surface area contributed by atoms with Crippen LogP contribution >= 0.6 is 15.9 Å². The predicted octanol–water partition coefficient (Wildman–Crippen LogP) is 3.79. The molecule has 0 bridgehead atoms. The average Bonchev–Trinajstić information content (AvgIpc) is 3.20. The quantitative estimate of drug-likeness (QED) is 0.697. The summed E-state index contributed by atoms with van der Waals surface area (Å²) in [5.74, 6) is 0.879. The van der Waals surface area contributed by atoms with Crippen molar-refractivity contribution >= 4 is 15.9 Å². The van der Waals surface area contributed by atoms with E-state index in [0.717, 1.165) is 43.0 Å². The topological polar surface area (TPSA) is 21.3 Å². The Bertz CT molecular complexity index is 362. The van der Waals surface area contributed by atoms with E-state index in [4.69, 9.17) is 4.74 Å². The first-order valence-corrected chi connectivity index (χ1v) is 8.09. The fourth-order valence-corrected chi connectivity index (χ4v) is 2.37. The van der Waals surface area contributed by atoms with Gasteiger partial charge in [0.1, 0.15) is 0 Å². The van der Waals surface area contributed by atoms with Gasteiger partial charge in [-0.1, -0.05) is 28.1 Å². The molecule has 1 atom stereocenters. The first kappa shape index (κ1) is 15.0. The molecule has 0 heterocycles. The van der Waals surface area contributed by atoms with Crippen LogP contribution in [-0.4, -0.2) is 25.8 Å². The normalized spacial score (nSPS) is 16.5. The van der Waals surface area contributed by atoms with Gasteiger partial charge in [0, 0.05) is 23.7 Å². The lowest BCUT2D eigenvalue weighted by Crippen LogP contribution is -2.29. The Kier molecular flexibility index (Phi) is 6.35. The zero-order chi connectivity index (χ0) is 13.5. The van der Waals surface area contributed by atoms with Crippen molar-refractivity contribution in [3.63, 3.8) is 0 Å². The fourth-order valence-electron chi connectivity index (χ4n) is 2.10. The molecule has 0 amide bonds. The molecule has 0 saturated heterocycles. The lowest BCUT2D eigenvalue weighted by Gasteiger charge is -2.14. The van der Waals surface area contributed by atoms with E-state index in [-0.39, 0.29) is 0 Å². The molecule has 1 aliphatic carbocycles. The Morgan fingerprint density at radius 2 is 2.05 bits per heavy atom. The monoisotopic (exact) mass is 325 g/mol. The van der Waals surface area contributed by atoms with Crippen molar-refractivity contribution in [2.75, 3.05) is 19.8 Å². The summed E-state index contributed by atoms with van der Waals surface area (Å²) < 4.78 is 6.77. The SMILES string of the molecule is CC(Cc1ccc(Br)cc1)NCCCOCC1CC1. The van der Waals surface area contributed by atoms with E-state index in [0.29, 0.717) is 6.04 Å². The average molecular weight is 326 g/mol. The molecule has 1 aliphatic rings. The Balaban J connectivity index is 1.51. The summed E-state index contributed by atoms with van der Waals surface area (Å²) in [6.07, 6.45) is 4.94. The van der Waals surface area contributed by atoms with Crippen LogP contribution < -0.4 is 5.32 Å². The second-order valence-electron chi connectivity index (χ2n) is 5.56. The van der Waals surface area contributed by atoms with Gasteiger partial charge in [-0.2, -0.15) is 0 Å². The lowest BCUT2D eigenvalue weighted by atomic mass is 10.1. The summed E-state index contributed by atoms with van der Waals surface area (Å²) in [7, 11) is 0. The third-order valence-electron chi connectivity index (χ3n) is 3.46. The molecule has 2 nitrogen and oxygen atoms in total. The minimum atomic E-state index is 0.518. The molecule has 1 aromatic carbocycles. The molecule has 1 fully saturated rings. The van der Waals surface area contributed by atoms with Crippen molar-refractivity contribution in [1.82, 2.24) is 5.32 Å². The first-order chi connectivity index (χ1) is 9.24. The number of rotatable bonds is 9. The molecule has 0 spiro atoms. The van der Waals surface area contributed by atoms with Gasteiger partial charge in [0.2, 0.25) is 0 Å². The molecule has 2 rings (SSSR count). The van der Waals surface area contributed by atoms with Gasteiger partial charge >= 0.3 is 0 Å². The third kappa shape index (κ3) is 6.55. The number of hydrogen-bond acceptors (Lipinski definition) is 2. The van der Waals surface area contributed by atoms with Crippen LogP contribution in [0.4, 0.5) is 0 Å². The van der Waals surface area contributed by atoms with Crippen molar-refractivity contribution in [1.29, 1.82) is 0 Å². The predicted molar refractivity (Wildman–Crippen MR) is 83.5 cm³/mol. The van der Waals surface area contributed by atoms with Gasteiger partial charge in [0.25, 0.3) is 0 Å². The van der Waals surface area contributed by atoms with Crippen molar-refractivity contribution < 1.29 is 4.74 Å². The first-order valence-electron chi connectivity index (χ1n) is 7.29. The van der Waals surface area contributed by atoms with Crippen LogP contribution in [-0.2, 0) is 11.2 Å². The summed E-state index contributed by atoms with van der Waals surface area (Å²) in [5.41, 5.74) is 1.38. The van der Waals surface area contributed by atoms with Crippen LogP contribution in [0.3, 0.4) is 0 Å². The Labute approximate surface area is 125 Å². The maximum Gasteiger partial charge on any atom is 0.0494 e. The zero-order valence-corrected chi connectivity index (χ0v) is 13.3. The fraction of sp³-hybridized carbons (Fsp3) is 0.625. The maximum atomic E-state index is 5.63. The summed E-state index contributed by atoms with van der Waals surface area (Å²) in [6, 6.07) is 9.09. The van der Waals surface area contributed by atoms with E-state index in [2.05, 4.69) is 52.4 Å². The van der Waals surface area contributed by atoms with Crippen LogP contribution in [0.2, 0.25) is 0 Å². The summed E-state index contributed by atoms with van der Waals surface area (Å²) in [6.45, 7) is 5.17. The zero-order valence-electron chi connectivity index (χ0n) is 11.7. The van der Waals surface area contributed by atoms with Crippen molar-refractivity contribution in [2.45, 2.75) is 38.6 Å². The Morgan fingerprint density at radius 1 is 1.32 bits per heavy atom. The number of ether oxygens (including phenoxy) is 1. The molecule has 19 heavy (non-hydrogen) atoms. The molecule has 1 saturated carbocycles. The number of nitrogens with one attached hydrogen (secondary N) is 1. The Morgan fingerprint density at radius 3 is 2.74 bits per heavy atom. The van der Waals surface area contributed by atoms with Gasteiger partial charge in [-0.25, -0.2) is 0 Å². The van der Waals surface area contributed by atoms with Crippen molar-refractivity contribution in [3.05, 3.63) is 34.3 Å². The van der Waals surface area contributed by atoms with Crippen LogP contribution in [0.15, 0.2) is 28.7 Å². The summed E-state index contributed by atoms with van der Waals surface area (Å²) >= 11 is 3.46. The second kappa shape index (κ2) is 8.03. The summed E-state index contributed by atoms with van der Waals surface area (Å²) in [5, 5.41) is 3.56. The van der Waals surface area contributed by atoms with E-state index in [1.807, 2.05) is 0 Å². The highest BCUT2D eigenvalue weighted by Gasteiger charge is 2.20. The molecule has 106 valence electrons. The van der Waals surface area contributed by atoms with E-state index < -0.39 is 0 Å². The second-order valence-corrected chi connectivity index (χ2v) is 6.47. The molecule has 3 heteroatoms. The standard InChI is InChI=1S/C16H24BrNO/c1-13(11-14-5-7-16(17)8-6-14)18-9-2-10-19-12-15-3-4-15/h5-8,13,15,18H,2-4,9-12H2,1H3. The highest BCUT2D eigenvalue weighted by molar-refractivity contribution is 9.10. The smallest absolute Gasteiger partial charge is 0.0494 e. The number of hydrogen-bond donors (Lipinski definition) is 1. The van der Waals surface area contributed by atoms with Crippen LogP contribution in [0, 0.1) is 5.92 Å². The third-order valence-corrected chi connectivity index (χ3v) is 3.99. The van der Waals surface area contributed by atoms with Crippen molar-refractivity contribution in [3.8, 4) is 0 Å². The molecular weight excluding hydrogens is 302 g/mol. The van der Waals surface area contributed by atoms with Gasteiger partial charge in [-0.3, -0.25) is 0 Å². The van der Waals surface area contributed by atoms with E-state index in [1.165, 1.54) is 18.4 Å². The number of benzene rings is 1. The largest absolute Gasteiger partial charge is 0.381 e. The van der Waals surface area contributed by atoms with Crippen LogP contribution in [0.25, 0.3) is 0 Å². The van der Waals surface area contributed by atoms with Gasteiger partial charge in [-0.15, -0.1) is 0 Å². The Hall–Kier alpha value is -0.380. The van der Waals surface area contributed by atoms with Crippen LogP contribution in [0.1, 0.15) is 31.7 Å². The van der Waals surface area contributed by atoms with E-state index >= 15 is 0 Å². The number of halogens is 1. The minimum Gasteiger partial charge on any atom is -0.381 e. The molecule has 0 aromatic heterocycles. The molecule has 1 aromatic rings. The molecule has 0 aliphatic heterocycles. The van der Waals surface area contributed by atoms with Gasteiger partial charge in [-0.05, 0) is 62.8 Å². The minimum absolute atomic E-state index is 0.518. The highest BCUT2D eigenvalue weighted by Crippen LogP contribution is 2.28. The lowest BCUT2D eigenvalue weighted by molar-refractivity contribution is 0.121. The van der Waals surface area contributed by atoms with Crippen molar-refractivity contribution in [2.24, 2.45) is 5.92 Å². The molecule has 0 radical (unpaired) electrons.